The molecule has 6 heteroatoms. The Balaban J connectivity index is 1.96. The number of hydrogen-bond donors (Lipinski definition) is 2. The normalized spacial score (nSPS) is 21.2. The number of nitrogens with one attached hydrogen (secondary N) is 1. The van der Waals surface area contributed by atoms with E-state index in [9.17, 15) is 8.42 Å². The van der Waals surface area contributed by atoms with E-state index in [0.717, 1.165) is 31.6 Å². The highest BCUT2D eigenvalue weighted by Crippen LogP contribution is 2.19. The van der Waals surface area contributed by atoms with Crippen LogP contribution in [-0.4, -0.2) is 38.5 Å². The number of nitrogens with zero attached hydrogens (tertiary/aromatic N) is 1. The summed E-state index contributed by atoms with van der Waals surface area (Å²) in [6.07, 6.45) is 3.43. The van der Waals surface area contributed by atoms with Crippen LogP contribution in [0.5, 0.6) is 0 Å². The second kappa shape index (κ2) is 6.77. The van der Waals surface area contributed by atoms with Crippen molar-refractivity contribution >= 4 is 15.7 Å². The van der Waals surface area contributed by atoms with Crippen molar-refractivity contribution in [3.8, 4) is 0 Å². The molecule has 0 aliphatic carbocycles. The minimum Gasteiger partial charge on any atom is -0.382 e. The van der Waals surface area contributed by atoms with E-state index in [1.54, 1.807) is 24.3 Å². The fraction of sp³-hybridized carbons (Fsp3) is 0.600. The van der Waals surface area contributed by atoms with Gasteiger partial charge in [-0.1, -0.05) is 0 Å². The topological polar surface area (TPSA) is 75.4 Å². The van der Waals surface area contributed by atoms with E-state index in [0.29, 0.717) is 12.1 Å². The molecule has 0 radical (unpaired) electrons. The van der Waals surface area contributed by atoms with Gasteiger partial charge in [0.15, 0.2) is 0 Å². The SMILES string of the molecule is CC(C)N1CCCC(Nc2ccc(S(N)(=O)=O)cc2)CC1. The van der Waals surface area contributed by atoms with Gasteiger partial charge >= 0.3 is 0 Å². The van der Waals surface area contributed by atoms with Crippen molar-refractivity contribution in [1.29, 1.82) is 0 Å². The highest BCUT2D eigenvalue weighted by Gasteiger charge is 2.18. The molecule has 118 valence electrons. The van der Waals surface area contributed by atoms with Gasteiger partial charge in [0, 0.05) is 24.3 Å². The molecule has 1 saturated heterocycles. The Kier molecular flexibility index (Phi) is 5.24. The van der Waals surface area contributed by atoms with Crippen molar-refractivity contribution in [2.45, 2.75) is 50.1 Å². The molecular formula is C15H25N3O2S. The molecular weight excluding hydrogens is 286 g/mol. The number of primary sulfonamides is 1. The lowest BCUT2D eigenvalue weighted by molar-refractivity contribution is 0.230. The molecule has 0 aromatic heterocycles. The number of benzene rings is 1. The molecule has 0 bridgehead atoms. The highest BCUT2D eigenvalue weighted by atomic mass is 32.2. The molecule has 21 heavy (non-hydrogen) atoms. The second-order valence-electron chi connectivity index (χ2n) is 5.97. The van der Waals surface area contributed by atoms with Crippen molar-refractivity contribution in [3.63, 3.8) is 0 Å². The highest BCUT2D eigenvalue weighted by molar-refractivity contribution is 7.89. The van der Waals surface area contributed by atoms with Crippen LogP contribution in [0.3, 0.4) is 0 Å². The van der Waals surface area contributed by atoms with Crippen LogP contribution in [0.15, 0.2) is 29.2 Å². The maximum absolute atomic E-state index is 11.2. The fourth-order valence-corrected chi connectivity index (χ4v) is 3.27. The lowest BCUT2D eigenvalue weighted by Gasteiger charge is -2.24. The van der Waals surface area contributed by atoms with E-state index in [2.05, 4.69) is 24.1 Å². The molecule has 1 aliphatic heterocycles. The number of nitrogens with two attached hydrogens (primary N) is 1. The average molecular weight is 311 g/mol. The Hall–Kier alpha value is -1.11. The minimum absolute atomic E-state index is 0.153. The Labute approximate surface area is 127 Å². The first-order chi connectivity index (χ1) is 9.86. The molecule has 1 unspecified atom stereocenters. The molecule has 0 amide bonds. The minimum atomic E-state index is -3.61. The summed E-state index contributed by atoms with van der Waals surface area (Å²) in [4.78, 5) is 2.66. The van der Waals surface area contributed by atoms with E-state index in [4.69, 9.17) is 5.14 Å². The van der Waals surface area contributed by atoms with E-state index in [1.165, 1.54) is 6.42 Å². The van der Waals surface area contributed by atoms with Crippen LogP contribution in [0.1, 0.15) is 33.1 Å². The monoisotopic (exact) mass is 311 g/mol. The summed E-state index contributed by atoms with van der Waals surface area (Å²) >= 11 is 0. The summed E-state index contributed by atoms with van der Waals surface area (Å²) < 4.78 is 22.5. The molecule has 2 rings (SSSR count). The van der Waals surface area contributed by atoms with Crippen LogP contribution in [0, 0.1) is 0 Å². The first-order valence-electron chi connectivity index (χ1n) is 7.50. The van der Waals surface area contributed by atoms with Crippen molar-refractivity contribution in [3.05, 3.63) is 24.3 Å². The molecule has 3 N–H and O–H groups in total. The van der Waals surface area contributed by atoms with Gasteiger partial charge in [0.05, 0.1) is 4.90 Å². The Morgan fingerprint density at radius 3 is 2.43 bits per heavy atom. The smallest absolute Gasteiger partial charge is 0.238 e. The first-order valence-corrected chi connectivity index (χ1v) is 9.04. The van der Waals surface area contributed by atoms with Gasteiger partial charge in [0.25, 0.3) is 0 Å². The summed E-state index contributed by atoms with van der Waals surface area (Å²) in [6.45, 7) is 6.73. The molecule has 1 fully saturated rings. The molecule has 1 aromatic rings. The third kappa shape index (κ3) is 4.69. The summed E-state index contributed by atoms with van der Waals surface area (Å²) in [5.74, 6) is 0. The molecule has 1 aliphatic rings. The maximum Gasteiger partial charge on any atom is 0.238 e. The number of anilines is 1. The maximum atomic E-state index is 11.2. The Morgan fingerprint density at radius 1 is 1.19 bits per heavy atom. The number of sulfonamides is 1. The molecule has 5 nitrogen and oxygen atoms in total. The van der Waals surface area contributed by atoms with Gasteiger partial charge in [-0.3, -0.25) is 0 Å². The zero-order valence-corrected chi connectivity index (χ0v) is 13.6. The Bertz CT molecular complexity index is 555. The zero-order valence-electron chi connectivity index (χ0n) is 12.7. The van der Waals surface area contributed by atoms with E-state index >= 15 is 0 Å². The lowest BCUT2D eigenvalue weighted by Crippen LogP contribution is -2.32. The molecule has 1 aromatic carbocycles. The van der Waals surface area contributed by atoms with E-state index in [-0.39, 0.29) is 4.90 Å². The van der Waals surface area contributed by atoms with Gasteiger partial charge in [-0.15, -0.1) is 0 Å². The number of likely N-dealkylation sites (tertiary alicyclic amines) is 1. The first kappa shape index (κ1) is 16.3. The van der Waals surface area contributed by atoms with Gasteiger partial charge < -0.3 is 10.2 Å². The van der Waals surface area contributed by atoms with E-state index < -0.39 is 10.0 Å². The van der Waals surface area contributed by atoms with Gasteiger partial charge in [0.2, 0.25) is 10.0 Å². The third-order valence-corrected chi connectivity index (χ3v) is 4.98. The predicted octanol–water partition coefficient (Wildman–Crippen LogP) is 2.01. The predicted molar refractivity (Wildman–Crippen MR) is 85.8 cm³/mol. The fourth-order valence-electron chi connectivity index (χ4n) is 2.76. The van der Waals surface area contributed by atoms with Crippen molar-refractivity contribution in [2.75, 3.05) is 18.4 Å². The van der Waals surface area contributed by atoms with Crippen molar-refractivity contribution in [1.82, 2.24) is 4.90 Å². The van der Waals surface area contributed by atoms with Gasteiger partial charge in [-0.25, -0.2) is 13.6 Å². The van der Waals surface area contributed by atoms with Crippen LogP contribution in [0.4, 0.5) is 5.69 Å². The largest absolute Gasteiger partial charge is 0.382 e. The van der Waals surface area contributed by atoms with Gasteiger partial charge in [-0.2, -0.15) is 0 Å². The van der Waals surface area contributed by atoms with Crippen LogP contribution in [0.2, 0.25) is 0 Å². The lowest BCUT2D eigenvalue weighted by atomic mass is 10.1. The summed E-state index contributed by atoms with van der Waals surface area (Å²) in [5.41, 5.74) is 0.949. The summed E-state index contributed by atoms with van der Waals surface area (Å²) in [7, 11) is -3.61. The van der Waals surface area contributed by atoms with Crippen molar-refractivity contribution in [2.24, 2.45) is 5.14 Å². The second-order valence-corrected chi connectivity index (χ2v) is 7.53. The number of rotatable bonds is 4. The molecule has 0 saturated carbocycles. The Morgan fingerprint density at radius 2 is 1.86 bits per heavy atom. The van der Waals surface area contributed by atoms with Crippen molar-refractivity contribution < 1.29 is 8.42 Å². The average Bonchev–Trinajstić information content (AvgIpc) is 2.64. The van der Waals surface area contributed by atoms with Crippen LogP contribution < -0.4 is 10.5 Å². The van der Waals surface area contributed by atoms with Gasteiger partial charge in [0.1, 0.15) is 0 Å². The van der Waals surface area contributed by atoms with Crippen LogP contribution in [0.25, 0.3) is 0 Å². The third-order valence-electron chi connectivity index (χ3n) is 4.05. The van der Waals surface area contributed by atoms with Crippen LogP contribution >= 0.6 is 0 Å². The van der Waals surface area contributed by atoms with E-state index in [1.807, 2.05) is 0 Å². The molecule has 0 spiro atoms. The molecule has 1 atom stereocenters. The summed E-state index contributed by atoms with van der Waals surface area (Å²) in [6, 6.07) is 7.70. The quantitative estimate of drug-likeness (QED) is 0.892. The number of hydrogen-bond acceptors (Lipinski definition) is 4. The molecule has 1 heterocycles. The van der Waals surface area contributed by atoms with Crippen LogP contribution in [-0.2, 0) is 10.0 Å². The summed E-state index contributed by atoms with van der Waals surface area (Å²) in [5, 5.41) is 8.60. The zero-order chi connectivity index (χ0) is 15.5. The van der Waals surface area contributed by atoms with Gasteiger partial charge in [-0.05, 0) is 63.9 Å². The standard InChI is InChI=1S/C15H25N3O2S/c1-12(2)18-10-3-4-13(9-11-18)17-14-5-7-15(8-6-14)21(16,19)20/h5-8,12-13,17H,3-4,9-11H2,1-2H3,(H2,16,19,20).